The van der Waals surface area contributed by atoms with Crippen LogP contribution in [0, 0.1) is 18.3 Å². The van der Waals surface area contributed by atoms with E-state index in [1.165, 1.54) is 11.8 Å². The molecule has 42 heavy (non-hydrogen) atoms. The van der Waals surface area contributed by atoms with Crippen molar-refractivity contribution in [3.8, 4) is 17.6 Å². The van der Waals surface area contributed by atoms with E-state index in [4.69, 9.17) is 21.7 Å². The first-order valence-electron chi connectivity index (χ1n) is 13.7. The highest BCUT2D eigenvalue weighted by molar-refractivity contribution is 8.26. The Bertz CT molecular complexity index is 1610. The number of benzene rings is 2. The Morgan fingerprint density at radius 1 is 1.02 bits per heavy atom. The number of nitrogens with one attached hydrogen (secondary N) is 1. The number of methoxy groups -OCH3 is 2. The molecule has 10 heteroatoms. The highest BCUT2D eigenvalue weighted by Crippen LogP contribution is 2.35. The number of ether oxygens (including phenoxy) is 2. The van der Waals surface area contributed by atoms with Gasteiger partial charge in [-0.3, -0.25) is 19.1 Å². The number of carbonyl (C=O) groups is 1. The quantitative estimate of drug-likeness (QED) is 0.213. The Balaban J connectivity index is 1.66. The van der Waals surface area contributed by atoms with Crippen LogP contribution in [0.1, 0.15) is 41.2 Å². The highest BCUT2D eigenvalue weighted by atomic mass is 32.2. The molecule has 0 unspecified atom stereocenters. The SMILES string of the molecule is CCCn1c(NCCc2ccc(OC)c(OC)c2)c(/C=C2/SC(=S)N(CCc3ccccc3)C2=O)c(C)c(C#N)c1=O. The van der Waals surface area contributed by atoms with Crippen LogP contribution in [0.25, 0.3) is 6.08 Å². The first-order valence-corrected chi connectivity index (χ1v) is 15.0. The third-order valence-corrected chi connectivity index (χ3v) is 8.47. The van der Waals surface area contributed by atoms with Crippen molar-refractivity contribution in [2.45, 2.75) is 39.7 Å². The maximum atomic E-state index is 13.5. The maximum Gasteiger partial charge on any atom is 0.270 e. The number of hydrogen-bond acceptors (Lipinski definition) is 8. The monoisotopic (exact) mass is 602 g/mol. The molecular weight excluding hydrogens is 569 g/mol. The van der Waals surface area contributed by atoms with E-state index in [1.54, 1.807) is 36.7 Å². The molecule has 0 aliphatic carbocycles. The predicted molar refractivity (Wildman–Crippen MR) is 172 cm³/mol. The fraction of sp³-hybridized carbons (Fsp3) is 0.312. The zero-order valence-electron chi connectivity index (χ0n) is 24.2. The van der Waals surface area contributed by atoms with Gasteiger partial charge in [0.1, 0.15) is 21.8 Å². The van der Waals surface area contributed by atoms with E-state index in [-0.39, 0.29) is 17.0 Å². The number of nitrogens with zero attached hydrogens (tertiary/aromatic N) is 3. The van der Waals surface area contributed by atoms with Crippen LogP contribution < -0.4 is 20.3 Å². The van der Waals surface area contributed by atoms with Gasteiger partial charge < -0.3 is 14.8 Å². The van der Waals surface area contributed by atoms with Gasteiger partial charge in [-0.2, -0.15) is 5.26 Å². The molecule has 1 amide bonds. The van der Waals surface area contributed by atoms with E-state index in [2.05, 4.69) is 11.4 Å². The molecule has 0 bridgehead atoms. The molecule has 2 heterocycles. The minimum Gasteiger partial charge on any atom is -0.493 e. The van der Waals surface area contributed by atoms with E-state index in [0.717, 1.165) is 11.1 Å². The van der Waals surface area contributed by atoms with Crippen molar-refractivity contribution in [2.24, 2.45) is 0 Å². The third kappa shape index (κ3) is 6.69. The molecule has 8 nitrogen and oxygen atoms in total. The number of pyridine rings is 1. The van der Waals surface area contributed by atoms with Gasteiger partial charge >= 0.3 is 0 Å². The van der Waals surface area contributed by atoms with Crippen molar-refractivity contribution >= 4 is 46.1 Å². The molecule has 2 aromatic carbocycles. The van der Waals surface area contributed by atoms with Gasteiger partial charge in [0, 0.05) is 25.2 Å². The Kier molecular flexibility index (Phi) is 10.4. The van der Waals surface area contributed by atoms with Crippen LogP contribution in [0.3, 0.4) is 0 Å². The van der Waals surface area contributed by atoms with Crippen molar-refractivity contribution in [1.82, 2.24) is 9.47 Å². The molecule has 0 spiro atoms. The topological polar surface area (TPSA) is 96.6 Å². The molecule has 1 aliphatic rings. The smallest absolute Gasteiger partial charge is 0.270 e. The van der Waals surface area contributed by atoms with Gasteiger partial charge in [-0.15, -0.1) is 0 Å². The van der Waals surface area contributed by atoms with E-state index in [1.807, 2.05) is 55.5 Å². The Morgan fingerprint density at radius 2 is 1.76 bits per heavy atom. The van der Waals surface area contributed by atoms with Crippen molar-refractivity contribution in [1.29, 1.82) is 5.26 Å². The molecule has 1 saturated heterocycles. The predicted octanol–water partition coefficient (Wildman–Crippen LogP) is 5.55. The van der Waals surface area contributed by atoms with E-state index in [9.17, 15) is 14.9 Å². The minimum absolute atomic E-state index is 0.0692. The number of nitriles is 1. The van der Waals surface area contributed by atoms with Crippen LogP contribution in [0.2, 0.25) is 0 Å². The number of rotatable bonds is 12. The van der Waals surface area contributed by atoms with Gasteiger partial charge in [0.25, 0.3) is 11.5 Å². The standard InChI is InChI=1S/C32H34N4O4S2/c1-5-16-35-29(34-15-13-23-11-12-26(39-3)27(18-23)40-4)24(21(2)25(20-33)30(35)37)19-28-31(38)36(32(41)42-28)17-14-22-9-7-6-8-10-22/h6-12,18-19,34H,5,13-17H2,1-4H3/b28-19+. The molecule has 1 aliphatic heterocycles. The van der Waals surface area contributed by atoms with Crippen molar-refractivity contribution < 1.29 is 14.3 Å². The van der Waals surface area contributed by atoms with E-state index >= 15 is 0 Å². The summed E-state index contributed by atoms with van der Waals surface area (Å²) in [7, 11) is 3.19. The summed E-state index contributed by atoms with van der Waals surface area (Å²) in [5.74, 6) is 1.69. The van der Waals surface area contributed by atoms with Crippen molar-refractivity contribution in [2.75, 3.05) is 32.6 Å². The Labute approximate surface area is 255 Å². The average Bonchev–Trinajstić information content (AvgIpc) is 3.27. The number of amides is 1. The van der Waals surface area contributed by atoms with E-state index in [0.29, 0.717) is 76.6 Å². The Hall–Kier alpha value is -4.07. The van der Waals surface area contributed by atoms with Gasteiger partial charge in [0.05, 0.1) is 19.1 Å². The van der Waals surface area contributed by atoms with Crippen molar-refractivity contribution in [3.05, 3.63) is 91.6 Å². The molecule has 218 valence electrons. The van der Waals surface area contributed by atoms with Crippen LogP contribution >= 0.6 is 24.0 Å². The fourth-order valence-electron chi connectivity index (χ4n) is 4.86. The second-order valence-electron chi connectivity index (χ2n) is 9.77. The largest absolute Gasteiger partial charge is 0.493 e. The van der Waals surface area contributed by atoms with Gasteiger partial charge in [-0.05, 0) is 61.1 Å². The first kappa shape index (κ1) is 30.9. The summed E-state index contributed by atoms with van der Waals surface area (Å²) in [5, 5.41) is 13.3. The number of thioether (sulfide) groups is 1. The highest BCUT2D eigenvalue weighted by Gasteiger charge is 2.32. The number of hydrogen-bond donors (Lipinski definition) is 1. The lowest BCUT2D eigenvalue weighted by Gasteiger charge is -2.20. The van der Waals surface area contributed by atoms with Crippen LogP contribution in [-0.4, -0.2) is 47.0 Å². The van der Waals surface area contributed by atoms with Crippen LogP contribution in [0.15, 0.2) is 58.2 Å². The summed E-state index contributed by atoms with van der Waals surface area (Å²) >= 11 is 6.82. The fourth-order valence-corrected chi connectivity index (χ4v) is 6.15. The summed E-state index contributed by atoms with van der Waals surface area (Å²) in [5.41, 5.74) is 3.03. The lowest BCUT2D eigenvalue weighted by Crippen LogP contribution is -2.30. The summed E-state index contributed by atoms with van der Waals surface area (Å²) in [4.78, 5) is 28.9. The van der Waals surface area contributed by atoms with Gasteiger partial charge in [0.2, 0.25) is 0 Å². The first-order chi connectivity index (χ1) is 20.3. The molecule has 0 radical (unpaired) electrons. The zero-order valence-corrected chi connectivity index (χ0v) is 25.9. The summed E-state index contributed by atoms with van der Waals surface area (Å²) in [6.07, 6.45) is 3.78. The second kappa shape index (κ2) is 14.2. The van der Waals surface area contributed by atoms with Gasteiger partial charge in [-0.25, -0.2) is 0 Å². The van der Waals surface area contributed by atoms with Crippen LogP contribution in [0.4, 0.5) is 5.82 Å². The number of carbonyl (C=O) groups excluding carboxylic acids is 1. The maximum absolute atomic E-state index is 13.5. The third-order valence-electron chi connectivity index (χ3n) is 7.09. The second-order valence-corrected chi connectivity index (χ2v) is 11.4. The molecule has 0 atom stereocenters. The minimum atomic E-state index is -0.349. The molecule has 0 saturated carbocycles. The summed E-state index contributed by atoms with van der Waals surface area (Å²) in [6.45, 7) is 5.12. The lowest BCUT2D eigenvalue weighted by molar-refractivity contribution is -0.122. The molecule has 1 aromatic heterocycles. The van der Waals surface area contributed by atoms with Crippen molar-refractivity contribution in [3.63, 3.8) is 0 Å². The number of aromatic nitrogens is 1. The lowest BCUT2D eigenvalue weighted by atomic mass is 10.0. The van der Waals surface area contributed by atoms with Crippen LogP contribution in [0.5, 0.6) is 11.5 Å². The summed E-state index contributed by atoms with van der Waals surface area (Å²) < 4.78 is 12.9. The van der Waals surface area contributed by atoms with Gasteiger partial charge in [0.15, 0.2) is 11.5 Å². The van der Waals surface area contributed by atoms with Gasteiger partial charge in [-0.1, -0.05) is 67.3 Å². The summed E-state index contributed by atoms with van der Waals surface area (Å²) in [6, 6.07) is 17.8. The zero-order chi connectivity index (χ0) is 30.2. The Morgan fingerprint density at radius 3 is 2.43 bits per heavy atom. The van der Waals surface area contributed by atoms with Crippen LogP contribution in [-0.2, 0) is 24.2 Å². The normalized spacial score (nSPS) is 13.9. The molecular formula is C32H34N4O4S2. The number of thiocarbonyl (C=S) groups is 1. The molecule has 1 fully saturated rings. The molecule has 3 aromatic rings. The molecule has 1 N–H and O–H groups in total. The average molecular weight is 603 g/mol. The molecule has 4 rings (SSSR count). The number of anilines is 1. The van der Waals surface area contributed by atoms with E-state index < -0.39 is 0 Å².